The van der Waals surface area contributed by atoms with E-state index in [9.17, 15) is 9.90 Å². The van der Waals surface area contributed by atoms with Gasteiger partial charge in [0.15, 0.2) is 0 Å². The molecule has 0 atom stereocenters. The fourth-order valence-corrected chi connectivity index (χ4v) is 2.73. The van der Waals surface area contributed by atoms with E-state index in [1.54, 1.807) is 0 Å². The summed E-state index contributed by atoms with van der Waals surface area (Å²) in [5.41, 5.74) is -0.476. The van der Waals surface area contributed by atoms with Crippen LogP contribution in [0.15, 0.2) is 0 Å². The molecule has 0 aromatic rings. The largest absolute Gasteiger partial charge is 0.481 e. The summed E-state index contributed by atoms with van der Waals surface area (Å²) in [7, 11) is 2.03. The second-order valence-electron chi connectivity index (χ2n) is 5.51. The fourth-order valence-electron chi connectivity index (χ4n) is 2.73. The predicted octanol–water partition coefficient (Wildman–Crippen LogP) is 2.61. The summed E-state index contributed by atoms with van der Waals surface area (Å²) in [4.78, 5) is 13.7. The highest BCUT2D eigenvalue weighted by Crippen LogP contribution is 2.39. The molecular weight excluding hydrogens is 202 g/mol. The van der Waals surface area contributed by atoms with E-state index >= 15 is 0 Å². The summed E-state index contributed by atoms with van der Waals surface area (Å²) < 4.78 is 0. The minimum atomic E-state index is -0.595. The molecular formula is C13H25NO2. The van der Waals surface area contributed by atoms with Crippen LogP contribution in [-0.2, 0) is 4.79 Å². The van der Waals surface area contributed by atoms with Gasteiger partial charge in [0.1, 0.15) is 0 Å². The van der Waals surface area contributed by atoms with E-state index < -0.39 is 11.4 Å². The van der Waals surface area contributed by atoms with Gasteiger partial charge in [0, 0.05) is 6.54 Å². The molecule has 0 saturated heterocycles. The molecule has 0 heterocycles. The second kappa shape index (κ2) is 5.67. The van der Waals surface area contributed by atoms with Crippen molar-refractivity contribution in [3.63, 3.8) is 0 Å². The third-order valence-corrected chi connectivity index (χ3v) is 3.86. The molecule has 0 aromatic carbocycles. The molecule has 1 aliphatic rings. The van der Waals surface area contributed by atoms with Gasteiger partial charge in [-0.05, 0) is 51.6 Å². The third kappa shape index (κ3) is 3.21. The average molecular weight is 227 g/mol. The number of carbonyl (C=O) groups is 1. The Balaban J connectivity index is 2.63. The molecule has 3 heteroatoms. The van der Waals surface area contributed by atoms with E-state index in [2.05, 4.69) is 18.7 Å². The zero-order chi connectivity index (χ0) is 12.2. The van der Waals surface area contributed by atoms with Gasteiger partial charge in [-0.25, -0.2) is 0 Å². The number of aliphatic carboxylic acids is 1. The Kier molecular flexibility index (Phi) is 4.78. The number of carboxylic acid groups (broad SMARTS) is 1. The van der Waals surface area contributed by atoms with E-state index in [1.807, 2.05) is 7.05 Å². The van der Waals surface area contributed by atoms with Gasteiger partial charge in [-0.2, -0.15) is 0 Å². The quantitative estimate of drug-likeness (QED) is 0.785. The van der Waals surface area contributed by atoms with Gasteiger partial charge in [-0.15, -0.1) is 0 Å². The molecule has 0 amide bonds. The van der Waals surface area contributed by atoms with Gasteiger partial charge < -0.3 is 10.0 Å². The third-order valence-electron chi connectivity index (χ3n) is 3.86. The Bertz CT molecular complexity index is 232. The van der Waals surface area contributed by atoms with Crippen LogP contribution in [-0.4, -0.2) is 36.1 Å². The SMILES string of the molecule is CCCN(C)CC1(C(=O)O)CCC(C)CC1. The van der Waals surface area contributed by atoms with Crippen LogP contribution in [0.3, 0.4) is 0 Å². The first-order chi connectivity index (χ1) is 7.50. The summed E-state index contributed by atoms with van der Waals surface area (Å²) >= 11 is 0. The van der Waals surface area contributed by atoms with Crippen LogP contribution in [0.5, 0.6) is 0 Å². The summed E-state index contributed by atoms with van der Waals surface area (Å²) in [6.45, 7) is 6.06. The van der Waals surface area contributed by atoms with Crippen molar-refractivity contribution in [3.05, 3.63) is 0 Å². The number of hydrogen-bond acceptors (Lipinski definition) is 2. The normalized spacial score (nSPS) is 30.6. The predicted molar refractivity (Wildman–Crippen MR) is 65.5 cm³/mol. The lowest BCUT2D eigenvalue weighted by atomic mass is 9.70. The van der Waals surface area contributed by atoms with Crippen molar-refractivity contribution < 1.29 is 9.90 Å². The molecule has 1 rings (SSSR count). The summed E-state index contributed by atoms with van der Waals surface area (Å²) in [6, 6.07) is 0. The molecule has 1 aliphatic carbocycles. The lowest BCUT2D eigenvalue weighted by Gasteiger charge is -2.38. The minimum Gasteiger partial charge on any atom is -0.481 e. The lowest BCUT2D eigenvalue weighted by Crippen LogP contribution is -2.44. The Labute approximate surface area is 98.8 Å². The molecule has 1 N–H and O–H groups in total. The van der Waals surface area contributed by atoms with E-state index in [0.29, 0.717) is 12.5 Å². The Morgan fingerprint density at radius 3 is 2.44 bits per heavy atom. The van der Waals surface area contributed by atoms with Crippen LogP contribution >= 0.6 is 0 Å². The number of hydrogen-bond donors (Lipinski definition) is 1. The number of nitrogens with zero attached hydrogens (tertiary/aromatic N) is 1. The lowest BCUT2D eigenvalue weighted by molar-refractivity contribution is -0.152. The van der Waals surface area contributed by atoms with Crippen LogP contribution in [0.4, 0.5) is 0 Å². The Hall–Kier alpha value is -0.570. The molecule has 0 spiro atoms. The van der Waals surface area contributed by atoms with Crippen molar-refractivity contribution in [2.24, 2.45) is 11.3 Å². The molecule has 0 bridgehead atoms. The van der Waals surface area contributed by atoms with Crippen molar-refractivity contribution in [3.8, 4) is 0 Å². The van der Waals surface area contributed by atoms with Crippen molar-refractivity contribution >= 4 is 5.97 Å². The summed E-state index contributed by atoms with van der Waals surface area (Å²) in [6.07, 6.45) is 4.90. The van der Waals surface area contributed by atoms with Crippen LogP contribution in [0.2, 0.25) is 0 Å². The molecule has 1 saturated carbocycles. The van der Waals surface area contributed by atoms with Gasteiger partial charge in [-0.1, -0.05) is 13.8 Å². The molecule has 0 aliphatic heterocycles. The average Bonchev–Trinajstić information content (AvgIpc) is 2.22. The maximum Gasteiger partial charge on any atom is 0.310 e. The first kappa shape index (κ1) is 13.5. The monoisotopic (exact) mass is 227 g/mol. The zero-order valence-electron chi connectivity index (χ0n) is 10.8. The molecule has 0 radical (unpaired) electrons. The topological polar surface area (TPSA) is 40.5 Å². The van der Waals surface area contributed by atoms with Gasteiger partial charge in [0.25, 0.3) is 0 Å². The highest BCUT2D eigenvalue weighted by atomic mass is 16.4. The Morgan fingerprint density at radius 1 is 1.44 bits per heavy atom. The van der Waals surface area contributed by atoms with Crippen molar-refractivity contribution in [1.29, 1.82) is 0 Å². The van der Waals surface area contributed by atoms with E-state index in [0.717, 1.165) is 38.6 Å². The van der Waals surface area contributed by atoms with Crippen molar-refractivity contribution in [1.82, 2.24) is 4.90 Å². The minimum absolute atomic E-state index is 0.476. The Morgan fingerprint density at radius 2 is 2.00 bits per heavy atom. The number of carboxylic acids is 1. The van der Waals surface area contributed by atoms with Crippen LogP contribution < -0.4 is 0 Å². The second-order valence-corrected chi connectivity index (χ2v) is 5.51. The maximum atomic E-state index is 11.5. The summed E-state index contributed by atoms with van der Waals surface area (Å²) in [5.74, 6) is 0.103. The molecule has 1 fully saturated rings. The van der Waals surface area contributed by atoms with Gasteiger partial charge >= 0.3 is 5.97 Å². The smallest absolute Gasteiger partial charge is 0.310 e. The van der Waals surface area contributed by atoms with Gasteiger partial charge in [-0.3, -0.25) is 4.79 Å². The van der Waals surface area contributed by atoms with E-state index in [4.69, 9.17) is 0 Å². The first-order valence-corrected chi connectivity index (χ1v) is 6.42. The first-order valence-electron chi connectivity index (χ1n) is 6.42. The van der Waals surface area contributed by atoms with Crippen molar-refractivity contribution in [2.75, 3.05) is 20.1 Å². The van der Waals surface area contributed by atoms with Gasteiger partial charge in [0.2, 0.25) is 0 Å². The van der Waals surface area contributed by atoms with Crippen molar-refractivity contribution in [2.45, 2.75) is 46.0 Å². The number of rotatable bonds is 5. The maximum absolute atomic E-state index is 11.5. The van der Waals surface area contributed by atoms with E-state index in [-0.39, 0.29) is 0 Å². The zero-order valence-corrected chi connectivity index (χ0v) is 10.8. The highest BCUT2D eigenvalue weighted by molar-refractivity contribution is 5.75. The molecule has 3 nitrogen and oxygen atoms in total. The van der Waals surface area contributed by atoms with Gasteiger partial charge in [0.05, 0.1) is 5.41 Å². The molecule has 16 heavy (non-hydrogen) atoms. The highest BCUT2D eigenvalue weighted by Gasteiger charge is 2.41. The molecule has 0 unspecified atom stereocenters. The van der Waals surface area contributed by atoms with Crippen LogP contribution in [0, 0.1) is 11.3 Å². The standard InChI is InChI=1S/C13H25NO2/c1-4-9-14(3)10-13(12(15)16)7-5-11(2)6-8-13/h11H,4-10H2,1-3H3,(H,15,16). The molecule has 94 valence electrons. The van der Waals surface area contributed by atoms with E-state index in [1.165, 1.54) is 0 Å². The van der Waals surface area contributed by atoms with Crippen LogP contribution in [0.1, 0.15) is 46.0 Å². The summed E-state index contributed by atoms with van der Waals surface area (Å²) in [5, 5.41) is 9.47. The fraction of sp³-hybridized carbons (Fsp3) is 0.923. The molecule has 0 aromatic heterocycles. The van der Waals surface area contributed by atoms with Crippen LogP contribution in [0.25, 0.3) is 0 Å².